The van der Waals surface area contributed by atoms with Crippen LogP contribution in [0.4, 0.5) is 4.39 Å². The lowest BCUT2D eigenvalue weighted by Gasteiger charge is -2.15. The third-order valence-corrected chi connectivity index (χ3v) is 3.56. The zero-order chi connectivity index (χ0) is 17.7. The van der Waals surface area contributed by atoms with Crippen molar-refractivity contribution in [1.82, 2.24) is 10.9 Å². The number of benzene rings is 2. The molecule has 6 heteroatoms. The zero-order valence-corrected chi connectivity index (χ0v) is 13.7. The Morgan fingerprint density at radius 3 is 2.29 bits per heavy atom. The molecule has 0 saturated heterocycles. The topological polar surface area (TPSA) is 67.4 Å². The van der Waals surface area contributed by atoms with Crippen molar-refractivity contribution in [1.29, 1.82) is 0 Å². The number of carbonyl (C=O) groups excluding carboxylic acids is 2. The van der Waals surface area contributed by atoms with Gasteiger partial charge in [-0.1, -0.05) is 6.07 Å². The van der Waals surface area contributed by atoms with Crippen molar-refractivity contribution >= 4 is 11.8 Å². The zero-order valence-electron chi connectivity index (χ0n) is 13.7. The van der Waals surface area contributed by atoms with Gasteiger partial charge in [-0.05, 0) is 68.3 Å². The van der Waals surface area contributed by atoms with Gasteiger partial charge >= 0.3 is 0 Å². The summed E-state index contributed by atoms with van der Waals surface area (Å²) in [6.07, 6.45) is -0.851. The maximum atomic E-state index is 12.8. The van der Waals surface area contributed by atoms with Gasteiger partial charge in [-0.25, -0.2) is 4.39 Å². The van der Waals surface area contributed by atoms with Crippen LogP contribution in [-0.2, 0) is 4.79 Å². The van der Waals surface area contributed by atoms with Gasteiger partial charge in [0.1, 0.15) is 11.6 Å². The molecule has 0 spiro atoms. The molecule has 2 N–H and O–H groups in total. The second kappa shape index (κ2) is 7.59. The van der Waals surface area contributed by atoms with Gasteiger partial charge in [-0.15, -0.1) is 0 Å². The molecule has 126 valence electrons. The van der Waals surface area contributed by atoms with E-state index in [1.54, 1.807) is 12.1 Å². The highest BCUT2D eigenvalue weighted by Gasteiger charge is 2.16. The highest BCUT2D eigenvalue weighted by Crippen LogP contribution is 2.13. The molecule has 2 aromatic rings. The SMILES string of the molecule is Cc1ccc(C(=O)NNC(=O)[C@H](C)Oc2ccc(F)cc2)cc1C. The Hall–Kier alpha value is -2.89. The van der Waals surface area contributed by atoms with Gasteiger partial charge in [-0.3, -0.25) is 20.4 Å². The summed E-state index contributed by atoms with van der Waals surface area (Å²) in [4.78, 5) is 24.0. The van der Waals surface area contributed by atoms with Crippen LogP contribution in [0.2, 0.25) is 0 Å². The summed E-state index contributed by atoms with van der Waals surface area (Å²) in [5.41, 5.74) is 7.17. The molecule has 2 amide bonds. The molecule has 0 aliphatic heterocycles. The van der Waals surface area contributed by atoms with E-state index in [-0.39, 0.29) is 5.82 Å². The summed E-state index contributed by atoms with van der Waals surface area (Å²) in [5.74, 6) is -0.961. The Bertz CT molecular complexity index is 744. The molecule has 0 fully saturated rings. The van der Waals surface area contributed by atoms with E-state index in [9.17, 15) is 14.0 Å². The molecule has 24 heavy (non-hydrogen) atoms. The van der Waals surface area contributed by atoms with Crippen molar-refractivity contribution in [2.75, 3.05) is 0 Å². The molecular formula is C18H19FN2O3. The van der Waals surface area contributed by atoms with E-state index >= 15 is 0 Å². The molecule has 0 radical (unpaired) electrons. The van der Waals surface area contributed by atoms with Gasteiger partial charge in [0.05, 0.1) is 0 Å². The van der Waals surface area contributed by atoms with E-state index in [0.29, 0.717) is 11.3 Å². The first kappa shape index (κ1) is 17.5. The van der Waals surface area contributed by atoms with Crippen LogP contribution in [0.3, 0.4) is 0 Å². The second-order valence-corrected chi connectivity index (χ2v) is 5.46. The lowest BCUT2D eigenvalue weighted by atomic mass is 10.1. The molecular weight excluding hydrogens is 311 g/mol. The number of aryl methyl sites for hydroxylation is 2. The molecule has 0 aromatic heterocycles. The van der Waals surface area contributed by atoms with E-state index in [2.05, 4.69) is 10.9 Å². The lowest BCUT2D eigenvalue weighted by molar-refractivity contribution is -0.128. The maximum absolute atomic E-state index is 12.8. The number of hydrogen-bond acceptors (Lipinski definition) is 3. The van der Waals surface area contributed by atoms with Crippen molar-refractivity contribution in [3.05, 3.63) is 65.0 Å². The number of carbonyl (C=O) groups is 2. The Labute approximate surface area is 139 Å². The van der Waals surface area contributed by atoms with Crippen LogP contribution >= 0.6 is 0 Å². The van der Waals surface area contributed by atoms with E-state index in [4.69, 9.17) is 4.74 Å². The number of halogens is 1. The maximum Gasteiger partial charge on any atom is 0.279 e. The molecule has 0 saturated carbocycles. The van der Waals surface area contributed by atoms with Crippen LogP contribution in [0.5, 0.6) is 5.75 Å². The van der Waals surface area contributed by atoms with E-state index < -0.39 is 17.9 Å². The minimum Gasteiger partial charge on any atom is -0.481 e. The average molecular weight is 330 g/mol. The minimum atomic E-state index is -0.851. The fraction of sp³-hybridized carbons (Fsp3) is 0.222. The smallest absolute Gasteiger partial charge is 0.279 e. The number of ether oxygens (including phenoxy) is 1. The highest BCUT2D eigenvalue weighted by atomic mass is 19.1. The molecule has 2 rings (SSSR count). The van der Waals surface area contributed by atoms with Gasteiger partial charge in [0.2, 0.25) is 0 Å². The molecule has 2 aromatic carbocycles. The van der Waals surface area contributed by atoms with Gasteiger partial charge in [0.15, 0.2) is 6.10 Å². The summed E-state index contributed by atoms with van der Waals surface area (Å²) in [7, 11) is 0. The van der Waals surface area contributed by atoms with Crippen molar-refractivity contribution in [2.24, 2.45) is 0 Å². The van der Waals surface area contributed by atoms with Gasteiger partial charge in [0, 0.05) is 5.56 Å². The molecule has 0 unspecified atom stereocenters. The monoisotopic (exact) mass is 330 g/mol. The quantitative estimate of drug-likeness (QED) is 0.847. The highest BCUT2D eigenvalue weighted by molar-refractivity contribution is 5.96. The predicted octanol–water partition coefficient (Wildman–Crippen LogP) is 2.67. The normalized spacial score (nSPS) is 11.5. The van der Waals surface area contributed by atoms with Crippen molar-refractivity contribution in [3.8, 4) is 5.75 Å². The fourth-order valence-corrected chi connectivity index (χ4v) is 1.95. The summed E-state index contributed by atoms with van der Waals surface area (Å²) >= 11 is 0. The molecule has 0 heterocycles. The second-order valence-electron chi connectivity index (χ2n) is 5.46. The van der Waals surface area contributed by atoms with Crippen LogP contribution in [0.1, 0.15) is 28.4 Å². The molecule has 0 aliphatic carbocycles. The molecule has 0 aliphatic rings. The van der Waals surface area contributed by atoms with Crippen LogP contribution in [0.25, 0.3) is 0 Å². The number of hydrogen-bond donors (Lipinski definition) is 2. The first-order valence-corrected chi connectivity index (χ1v) is 7.46. The summed E-state index contributed by atoms with van der Waals surface area (Å²) in [6.45, 7) is 5.39. The van der Waals surface area contributed by atoms with Crippen LogP contribution in [0, 0.1) is 19.7 Å². The standard InChI is InChI=1S/C18H19FN2O3/c1-11-4-5-14(10-12(11)2)18(23)21-20-17(22)13(3)24-16-8-6-15(19)7-9-16/h4-10,13H,1-3H3,(H,20,22)(H,21,23)/t13-/m0/s1. The first-order valence-electron chi connectivity index (χ1n) is 7.46. The van der Waals surface area contributed by atoms with Crippen LogP contribution in [0.15, 0.2) is 42.5 Å². The van der Waals surface area contributed by atoms with E-state index in [0.717, 1.165) is 11.1 Å². The fourth-order valence-electron chi connectivity index (χ4n) is 1.95. The third kappa shape index (κ3) is 4.55. The van der Waals surface area contributed by atoms with Crippen molar-refractivity contribution < 1.29 is 18.7 Å². The van der Waals surface area contributed by atoms with Crippen molar-refractivity contribution in [2.45, 2.75) is 26.9 Å². The summed E-state index contributed by atoms with van der Waals surface area (Å²) < 4.78 is 18.2. The largest absolute Gasteiger partial charge is 0.481 e. The molecule has 5 nitrogen and oxygen atoms in total. The first-order chi connectivity index (χ1) is 11.4. The molecule has 0 bridgehead atoms. The van der Waals surface area contributed by atoms with Gasteiger partial charge in [0.25, 0.3) is 11.8 Å². The number of nitrogens with one attached hydrogen (secondary N) is 2. The summed E-state index contributed by atoms with van der Waals surface area (Å²) in [6, 6.07) is 10.6. The van der Waals surface area contributed by atoms with Crippen LogP contribution in [-0.4, -0.2) is 17.9 Å². The molecule has 1 atom stereocenters. The lowest BCUT2D eigenvalue weighted by Crippen LogP contribution is -2.47. The Balaban J connectivity index is 1.88. The van der Waals surface area contributed by atoms with Crippen molar-refractivity contribution in [3.63, 3.8) is 0 Å². The van der Waals surface area contributed by atoms with Gasteiger partial charge < -0.3 is 4.74 Å². The number of hydrazine groups is 1. The summed E-state index contributed by atoms with van der Waals surface area (Å²) in [5, 5.41) is 0. The Morgan fingerprint density at radius 1 is 1.00 bits per heavy atom. The minimum absolute atomic E-state index is 0.361. The number of rotatable bonds is 4. The number of amides is 2. The third-order valence-electron chi connectivity index (χ3n) is 3.56. The van der Waals surface area contributed by atoms with Gasteiger partial charge in [-0.2, -0.15) is 0 Å². The van der Waals surface area contributed by atoms with E-state index in [1.165, 1.54) is 31.2 Å². The van der Waals surface area contributed by atoms with Crippen LogP contribution < -0.4 is 15.6 Å². The Morgan fingerprint density at radius 2 is 1.67 bits per heavy atom. The average Bonchev–Trinajstić information content (AvgIpc) is 2.56. The Kier molecular flexibility index (Phi) is 5.52. The predicted molar refractivity (Wildman–Crippen MR) is 88.0 cm³/mol. The van der Waals surface area contributed by atoms with E-state index in [1.807, 2.05) is 19.9 Å².